The largest absolute Gasteiger partial charge is 0.454 e. The first-order chi connectivity index (χ1) is 14.1. The van der Waals surface area contributed by atoms with Crippen molar-refractivity contribution in [2.45, 2.75) is 39.0 Å². The molecule has 0 aliphatic carbocycles. The number of carbonyl (C=O) groups excluding carboxylic acids is 2. The Labute approximate surface area is 172 Å². The molecule has 0 aromatic heterocycles. The molecule has 1 aromatic carbocycles. The minimum Gasteiger partial charge on any atom is -0.454 e. The topological polar surface area (TPSA) is 71.1 Å². The highest BCUT2D eigenvalue weighted by molar-refractivity contribution is 6.00. The smallest absolute Gasteiger partial charge is 0.231 e. The van der Waals surface area contributed by atoms with Crippen LogP contribution in [0.25, 0.3) is 0 Å². The van der Waals surface area contributed by atoms with Crippen molar-refractivity contribution in [1.82, 2.24) is 10.2 Å². The first kappa shape index (κ1) is 20.0. The van der Waals surface area contributed by atoms with Crippen molar-refractivity contribution in [3.8, 4) is 11.5 Å². The summed E-state index contributed by atoms with van der Waals surface area (Å²) in [6, 6.07) is 5.45. The number of unbranched alkanes of at least 4 members (excludes halogenated alkanes) is 1. The zero-order valence-corrected chi connectivity index (χ0v) is 17.2. The lowest BCUT2D eigenvalue weighted by atomic mass is 9.99. The monoisotopic (exact) mass is 401 g/mol. The number of benzene rings is 1. The van der Waals surface area contributed by atoms with Gasteiger partial charge in [0.2, 0.25) is 18.6 Å². The summed E-state index contributed by atoms with van der Waals surface area (Å²) in [7, 11) is 0. The highest BCUT2D eigenvalue weighted by Gasteiger charge is 2.35. The molecule has 2 amide bonds. The predicted molar refractivity (Wildman–Crippen MR) is 110 cm³/mol. The second-order valence-corrected chi connectivity index (χ2v) is 8.47. The molecule has 1 N–H and O–H groups in total. The number of amides is 2. The third-order valence-corrected chi connectivity index (χ3v) is 6.24. The Morgan fingerprint density at radius 1 is 1.17 bits per heavy atom. The van der Waals surface area contributed by atoms with Crippen molar-refractivity contribution in [2.24, 2.45) is 11.8 Å². The SMILES string of the molecule is CC1CCN(CCCCNC(=O)C2CC(=O)N(c3ccc4c(c3)OCO4)C2)CC1. The van der Waals surface area contributed by atoms with E-state index in [0.29, 0.717) is 24.6 Å². The van der Waals surface area contributed by atoms with E-state index in [1.165, 1.54) is 25.9 Å². The minimum atomic E-state index is -0.295. The lowest BCUT2D eigenvalue weighted by Gasteiger charge is -2.30. The van der Waals surface area contributed by atoms with Crippen molar-refractivity contribution in [2.75, 3.05) is 44.4 Å². The Bertz CT molecular complexity index is 746. The molecule has 0 radical (unpaired) electrons. The first-order valence-electron chi connectivity index (χ1n) is 10.8. The zero-order valence-electron chi connectivity index (χ0n) is 17.2. The minimum absolute atomic E-state index is 0.0200. The lowest BCUT2D eigenvalue weighted by molar-refractivity contribution is -0.126. The number of piperidine rings is 1. The van der Waals surface area contributed by atoms with Crippen molar-refractivity contribution in [3.63, 3.8) is 0 Å². The van der Waals surface area contributed by atoms with Gasteiger partial charge in [0.15, 0.2) is 11.5 Å². The Morgan fingerprint density at radius 3 is 2.79 bits per heavy atom. The van der Waals surface area contributed by atoms with Crippen LogP contribution in [0.3, 0.4) is 0 Å². The van der Waals surface area contributed by atoms with Crippen LogP contribution in [0.5, 0.6) is 11.5 Å². The van der Waals surface area contributed by atoms with Crippen LogP contribution in [0.2, 0.25) is 0 Å². The molecular formula is C22H31N3O4. The molecule has 7 heteroatoms. The molecule has 1 atom stereocenters. The molecule has 0 saturated carbocycles. The first-order valence-corrected chi connectivity index (χ1v) is 10.8. The van der Waals surface area contributed by atoms with E-state index in [2.05, 4.69) is 17.1 Å². The number of carbonyl (C=O) groups is 2. The van der Waals surface area contributed by atoms with E-state index < -0.39 is 0 Å². The van der Waals surface area contributed by atoms with Gasteiger partial charge in [-0.3, -0.25) is 9.59 Å². The van der Waals surface area contributed by atoms with E-state index in [1.807, 2.05) is 12.1 Å². The van der Waals surface area contributed by atoms with Gasteiger partial charge in [0.1, 0.15) is 0 Å². The number of fused-ring (bicyclic) bond motifs is 1. The number of anilines is 1. The molecule has 4 rings (SSSR count). The summed E-state index contributed by atoms with van der Waals surface area (Å²) >= 11 is 0. The molecule has 0 spiro atoms. The van der Waals surface area contributed by atoms with Crippen molar-refractivity contribution in [3.05, 3.63) is 18.2 Å². The van der Waals surface area contributed by atoms with E-state index in [9.17, 15) is 9.59 Å². The number of nitrogens with zero attached hydrogens (tertiary/aromatic N) is 2. The maximum atomic E-state index is 12.5. The number of rotatable bonds is 7. The maximum absolute atomic E-state index is 12.5. The quantitative estimate of drug-likeness (QED) is 0.711. The number of hydrogen-bond donors (Lipinski definition) is 1. The second kappa shape index (κ2) is 9.03. The third-order valence-electron chi connectivity index (χ3n) is 6.24. The van der Waals surface area contributed by atoms with Crippen molar-refractivity contribution in [1.29, 1.82) is 0 Å². The fraction of sp³-hybridized carbons (Fsp3) is 0.636. The summed E-state index contributed by atoms with van der Waals surface area (Å²) in [6.07, 6.45) is 4.93. The van der Waals surface area contributed by atoms with Gasteiger partial charge < -0.3 is 24.6 Å². The summed E-state index contributed by atoms with van der Waals surface area (Å²) < 4.78 is 10.7. The Hall–Kier alpha value is -2.28. The Kier molecular flexibility index (Phi) is 6.23. The van der Waals surface area contributed by atoms with Crippen LogP contribution in [0, 0.1) is 11.8 Å². The van der Waals surface area contributed by atoms with Crippen molar-refractivity contribution < 1.29 is 19.1 Å². The van der Waals surface area contributed by atoms with Crippen LogP contribution >= 0.6 is 0 Å². The van der Waals surface area contributed by atoms with E-state index >= 15 is 0 Å². The van der Waals surface area contributed by atoms with E-state index in [4.69, 9.17) is 9.47 Å². The average molecular weight is 402 g/mol. The second-order valence-electron chi connectivity index (χ2n) is 8.47. The number of likely N-dealkylation sites (tertiary alicyclic amines) is 1. The molecule has 2 saturated heterocycles. The Balaban J connectivity index is 1.18. The molecule has 3 aliphatic rings. The molecular weight excluding hydrogens is 370 g/mol. The summed E-state index contributed by atoms with van der Waals surface area (Å²) in [4.78, 5) is 29.1. The number of nitrogens with one attached hydrogen (secondary N) is 1. The highest BCUT2D eigenvalue weighted by Crippen LogP contribution is 2.37. The fourth-order valence-corrected chi connectivity index (χ4v) is 4.29. The van der Waals surface area contributed by atoms with Gasteiger partial charge in [-0.25, -0.2) is 0 Å². The van der Waals surface area contributed by atoms with Crippen LogP contribution in [-0.4, -0.2) is 56.2 Å². The molecule has 0 bridgehead atoms. The van der Waals surface area contributed by atoms with E-state index in [-0.39, 0.29) is 30.9 Å². The zero-order chi connectivity index (χ0) is 20.2. The van der Waals surface area contributed by atoms with Crippen LogP contribution < -0.4 is 19.7 Å². The van der Waals surface area contributed by atoms with Gasteiger partial charge in [-0.05, 0) is 63.4 Å². The molecule has 7 nitrogen and oxygen atoms in total. The highest BCUT2D eigenvalue weighted by atomic mass is 16.7. The normalized spacial score (nSPS) is 22.3. The third kappa shape index (κ3) is 4.83. The van der Waals surface area contributed by atoms with Gasteiger partial charge in [-0.2, -0.15) is 0 Å². The average Bonchev–Trinajstić information content (AvgIpc) is 3.34. The number of ether oxygens (including phenoxy) is 2. The molecule has 158 valence electrons. The van der Waals surface area contributed by atoms with Crippen LogP contribution in [0.1, 0.15) is 39.0 Å². The van der Waals surface area contributed by atoms with Crippen LogP contribution in [-0.2, 0) is 9.59 Å². The molecule has 3 aliphatic heterocycles. The van der Waals surface area contributed by atoms with Gasteiger partial charge in [0.25, 0.3) is 0 Å². The number of hydrogen-bond acceptors (Lipinski definition) is 5. The summed E-state index contributed by atoms with van der Waals surface area (Å²) in [5.41, 5.74) is 0.755. The van der Waals surface area contributed by atoms with E-state index in [0.717, 1.165) is 31.0 Å². The molecule has 1 unspecified atom stereocenters. The molecule has 2 fully saturated rings. The summed E-state index contributed by atoms with van der Waals surface area (Å²) in [6.45, 7) is 7.14. The lowest BCUT2D eigenvalue weighted by Crippen LogP contribution is -2.35. The maximum Gasteiger partial charge on any atom is 0.231 e. The molecule has 1 aromatic rings. The molecule has 29 heavy (non-hydrogen) atoms. The summed E-state index contributed by atoms with van der Waals surface area (Å²) in [5, 5.41) is 3.02. The summed E-state index contributed by atoms with van der Waals surface area (Å²) in [5.74, 6) is 1.85. The van der Waals surface area contributed by atoms with Crippen LogP contribution in [0.15, 0.2) is 18.2 Å². The van der Waals surface area contributed by atoms with Gasteiger partial charge in [0, 0.05) is 31.3 Å². The molecule has 3 heterocycles. The van der Waals surface area contributed by atoms with Crippen molar-refractivity contribution >= 4 is 17.5 Å². The predicted octanol–water partition coefficient (Wildman–Crippen LogP) is 2.40. The Morgan fingerprint density at radius 2 is 1.97 bits per heavy atom. The van der Waals surface area contributed by atoms with Gasteiger partial charge in [-0.1, -0.05) is 6.92 Å². The van der Waals surface area contributed by atoms with Gasteiger partial charge in [-0.15, -0.1) is 0 Å². The standard InChI is InChI=1S/C22H31N3O4/c1-16-6-10-24(11-7-16)9-3-2-8-23-22(27)17-12-21(26)25(14-17)18-4-5-19-20(13-18)29-15-28-19/h4-5,13,16-17H,2-3,6-12,14-15H2,1H3,(H,23,27). The van der Waals surface area contributed by atoms with Gasteiger partial charge >= 0.3 is 0 Å². The van der Waals surface area contributed by atoms with Gasteiger partial charge in [0.05, 0.1) is 5.92 Å². The van der Waals surface area contributed by atoms with E-state index in [1.54, 1.807) is 11.0 Å². The fourth-order valence-electron chi connectivity index (χ4n) is 4.29. The van der Waals surface area contributed by atoms with Crippen LogP contribution in [0.4, 0.5) is 5.69 Å².